The summed E-state index contributed by atoms with van der Waals surface area (Å²) in [6, 6.07) is 15.7. The van der Waals surface area contributed by atoms with Crippen LogP contribution in [0.25, 0.3) is 22.0 Å². The number of nitrogens with zero attached hydrogens (tertiary/aromatic N) is 3. The molecule has 1 atom stereocenters. The van der Waals surface area contributed by atoms with E-state index in [1.54, 1.807) is 12.1 Å². The standard InChI is InChI=1S/C20H17N3O4/c24-17(22-11-10-16(22)20(26)27)12-23-19(25)15-9-5-4-8-14(15)18(21-23)13-6-2-1-3-7-13/h1-9,16H,10-12H2,(H,26,27). The van der Waals surface area contributed by atoms with E-state index in [2.05, 4.69) is 5.10 Å². The summed E-state index contributed by atoms with van der Waals surface area (Å²) in [5.74, 6) is -1.45. The van der Waals surface area contributed by atoms with Crippen molar-refractivity contribution in [1.82, 2.24) is 14.7 Å². The van der Waals surface area contributed by atoms with Crippen LogP contribution in [-0.2, 0) is 16.1 Å². The van der Waals surface area contributed by atoms with Crippen LogP contribution in [0.2, 0.25) is 0 Å². The van der Waals surface area contributed by atoms with Crippen molar-refractivity contribution in [2.24, 2.45) is 0 Å². The summed E-state index contributed by atoms with van der Waals surface area (Å²) in [6.45, 7) is 0.0942. The Balaban J connectivity index is 1.77. The number of carboxylic acids is 1. The van der Waals surface area contributed by atoms with Gasteiger partial charge in [-0.15, -0.1) is 0 Å². The van der Waals surface area contributed by atoms with Gasteiger partial charge in [0.05, 0.1) is 11.1 Å². The third-order valence-corrected chi connectivity index (χ3v) is 4.83. The molecule has 1 fully saturated rings. The molecule has 0 saturated carbocycles. The molecule has 136 valence electrons. The monoisotopic (exact) mass is 363 g/mol. The zero-order valence-electron chi connectivity index (χ0n) is 14.4. The van der Waals surface area contributed by atoms with E-state index in [4.69, 9.17) is 5.11 Å². The molecule has 1 aliphatic heterocycles. The molecule has 2 aromatic carbocycles. The molecular formula is C20H17N3O4. The number of aliphatic carboxylic acids is 1. The number of carbonyl (C=O) groups excluding carboxylic acids is 1. The van der Waals surface area contributed by atoms with E-state index >= 15 is 0 Å². The number of amides is 1. The molecule has 4 rings (SSSR count). The van der Waals surface area contributed by atoms with Crippen LogP contribution in [0.4, 0.5) is 0 Å². The van der Waals surface area contributed by atoms with Crippen molar-refractivity contribution in [3.05, 3.63) is 65.0 Å². The first-order chi connectivity index (χ1) is 13.1. The molecule has 1 aliphatic rings. The molecular weight excluding hydrogens is 346 g/mol. The van der Waals surface area contributed by atoms with Gasteiger partial charge in [0.1, 0.15) is 12.6 Å². The maximum atomic E-state index is 12.8. The third kappa shape index (κ3) is 2.97. The molecule has 1 aromatic heterocycles. The zero-order chi connectivity index (χ0) is 19.0. The average Bonchev–Trinajstić information content (AvgIpc) is 2.63. The zero-order valence-corrected chi connectivity index (χ0v) is 14.4. The summed E-state index contributed by atoms with van der Waals surface area (Å²) in [6.07, 6.45) is 0.427. The van der Waals surface area contributed by atoms with Gasteiger partial charge in [-0.05, 0) is 12.5 Å². The molecule has 7 nitrogen and oxygen atoms in total. The predicted molar refractivity (Wildman–Crippen MR) is 99.2 cm³/mol. The quantitative estimate of drug-likeness (QED) is 0.762. The van der Waals surface area contributed by atoms with Gasteiger partial charge in [-0.3, -0.25) is 9.59 Å². The lowest BCUT2D eigenvalue weighted by Crippen LogP contribution is -2.56. The fourth-order valence-corrected chi connectivity index (χ4v) is 3.31. The summed E-state index contributed by atoms with van der Waals surface area (Å²) in [5.41, 5.74) is 1.07. The van der Waals surface area contributed by atoms with Gasteiger partial charge in [0.15, 0.2) is 0 Å². The molecule has 1 N–H and O–H groups in total. The highest BCUT2D eigenvalue weighted by atomic mass is 16.4. The number of aromatic nitrogens is 2. The van der Waals surface area contributed by atoms with Crippen LogP contribution in [0, 0.1) is 0 Å². The molecule has 0 aliphatic carbocycles. The first kappa shape index (κ1) is 17.0. The number of rotatable bonds is 4. The lowest BCUT2D eigenvalue weighted by atomic mass is 10.0. The van der Waals surface area contributed by atoms with E-state index in [0.29, 0.717) is 29.4 Å². The first-order valence-electron chi connectivity index (χ1n) is 8.64. The Hall–Kier alpha value is -3.48. The van der Waals surface area contributed by atoms with Crippen molar-refractivity contribution in [1.29, 1.82) is 0 Å². The van der Waals surface area contributed by atoms with Crippen LogP contribution in [-0.4, -0.2) is 44.3 Å². The van der Waals surface area contributed by atoms with E-state index in [1.807, 2.05) is 42.5 Å². The second kappa shape index (κ2) is 6.68. The average molecular weight is 363 g/mol. The van der Waals surface area contributed by atoms with Crippen LogP contribution < -0.4 is 5.56 Å². The molecule has 1 saturated heterocycles. The Morgan fingerprint density at radius 2 is 1.70 bits per heavy atom. The molecule has 0 spiro atoms. The normalized spacial score (nSPS) is 16.1. The van der Waals surface area contributed by atoms with E-state index in [0.717, 1.165) is 10.2 Å². The van der Waals surface area contributed by atoms with E-state index in [1.165, 1.54) is 4.90 Å². The molecule has 1 amide bonds. The van der Waals surface area contributed by atoms with Gasteiger partial charge < -0.3 is 10.0 Å². The fourth-order valence-electron chi connectivity index (χ4n) is 3.31. The van der Waals surface area contributed by atoms with Gasteiger partial charge in [0, 0.05) is 17.5 Å². The van der Waals surface area contributed by atoms with Gasteiger partial charge >= 0.3 is 5.97 Å². The van der Waals surface area contributed by atoms with Crippen molar-refractivity contribution < 1.29 is 14.7 Å². The summed E-state index contributed by atoms with van der Waals surface area (Å²) in [5, 5.41) is 14.7. The van der Waals surface area contributed by atoms with Crippen molar-refractivity contribution in [3.8, 4) is 11.3 Å². The number of hydrogen-bond acceptors (Lipinski definition) is 4. The number of benzene rings is 2. The molecule has 0 bridgehead atoms. The third-order valence-electron chi connectivity index (χ3n) is 4.83. The fraction of sp³-hybridized carbons (Fsp3) is 0.200. The van der Waals surface area contributed by atoms with Gasteiger partial charge in [0.2, 0.25) is 5.91 Å². The van der Waals surface area contributed by atoms with E-state index < -0.39 is 17.9 Å². The maximum absolute atomic E-state index is 12.8. The summed E-state index contributed by atoms with van der Waals surface area (Å²) < 4.78 is 1.13. The van der Waals surface area contributed by atoms with Gasteiger partial charge in [-0.1, -0.05) is 48.5 Å². The highest BCUT2D eigenvalue weighted by Gasteiger charge is 2.37. The largest absolute Gasteiger partial charge is 0.480 e. The van der Waals surface area contributed by atoms with Crippen LogP contribution in [0.3, 0.4) is 0 Å². The Kier molecular flexibility index (Phi) is 4.19. The van der Waals surface area contributed by atoms with Crippen molar-refractivity contribution >= 4 is 22.6 Å². The number of hydrogen-bond donors (Lipinski definition) is 1. The van der Waals surface area contributed by atoms with E-state index in [9.17, 15) is 14.4 Å². The number of carboxylic acid groups (broad SMARTS) is 1. The smallest absolute Gasteiger partial charge is 0.326 e. The molecule has 2 heterocycles. The molecule has 3 aromatic rings. The highest BCUT2D eigenvalue weighted by Crippen LogP contribution is 2.24. The van der Waals surface area contributed by atoms with Crippen LogP contribution in [0.1, 0.15) is 6.42 Å². The minimum absolute atomic E-state index is 0.284. The summed E-state index contributed by atoms with van der Waals surface area (Å²) in [7, 11) is 0. The SMILES string of the molecule is O=C(O)C1CCN1C(=O)Cn1nc(-c2ccccc2)c2ccccc2c1=O. The number of likely N-dealkylation sites (tertiary alicyclic amines) is 1. The van der Waals surface area contributed by atoms with Crippen molar-refractivity contribution in [2.45, 2.75) is 19.0 Å². The van der Waals surface area contributed by atoms with Crippen molar-refractivity contribution in [2.75, 3.05) is 6.54 Å². The Bertz CT molecular complexity index is 1090. The Morgan fingerprint density at radius 1 is 1.04 bits per heavy atom. The lowest BCUT2D eigenvalue weighted by molar-refractivity contribution is -0.157. The Morgan fingerprint density at radius 3 is 2.33 bits per heavy atom. The predicted octanol–water partition coefficient (Wildman–Crippen LogP) is 1.75. The summed E-state index contributed by atoms with van der Waals surface area (Å²) >= 11 is 0. The van der Waals surface area contributed by atoms with Gasteiger partial charge in [0.25, 0.3) is 5.56 Å². The second-order valence-electron chi connectivity index (χ2n) is 6.45. The Labute approximate surface area is 154 Å². The topological polar surface area (TPSA) is 92.5 Å². The number of carbonyl (C=O) groups is 2. The molecule has 1 unspecified atom stereocenters. The van der Waals surface area contributed by atoms with Gasteiger partial charge in [-0.25, -0.2) is 9.48 Å². The molecule has 7 heteroatoms. The van der Waals surface area contributed by atoms with Crippen LogP contribution in [0.15, 0.2) is 59.4 Å². The molecule has 27 heavy (non-hydrogen) atoms. The van der Waals surface area contributed by atoms with E-state index in [-0.39, 0.29) is 12.1 Å². The minimum Gasteiger partial charge on any atom is -0.480 e. The lowest BCUT2D eigenvalue weighted by Gasteiger charge is -2.37. The van der Waals surface area contributed by atoms with Crippen LogP contribution in [0.5, 0.6) is 0 Å². The highest BCUT2D eigenvalue weighted by molar-refractivity contribution is 5.94. The maximum Gasteiger partial charge on any atom is 0.326 e. The van der Waals surface area contributed by atoms with Gasteiger partial charge in [-0.2, -0.15) is 5.10 Å². The van der Waals surface area contributed by atoms with Crippen LogP contribution >= 0.6 is 0 Å². The first-order valence-corrected chi connectivity index (χ1v) is 8.64. The summed E-state index contributed by atoms with van der Waals surface area (Å²) in [4.78, 5) is 37.7. The minimum atomic E-state index is -1.03. The van der Waals surface area contributed by atoms with Crippen molar-refractivity contribution in [3.63, 3.8) is 0 Å². The number of fused-ring (bicyclic) bond motifs is 1. The molecule has 0 radical (unpaired) electrons. The second-order valence-corrected chi connectivity index (χ2v) is 6.45.